The summed E-state index contributed by atoms with van der Waals surface area (Å²) in [7, 11) is 0. The number of nitrogens with zero attached hydrogens (tertiary/aromatic N) is 4. The molecule has 4 rings (SSSR count). The minimum absolute atomic E-state index is 0.0879. The molecule has 7 nitrogen and oxygen atoms in total. The minimum Gasteiger partial charge on any atom is -0.376 e. The molecule has 1 atom stereocenters. The van der Waals surface area contributed by atoms with Crippen LogP contribution in [-0.2, 0) is 16.0 Å². The normalized spacial score (nSPS) is 16.2. The zero-order chi connectivity index (χ0) is 22.0. The first kappa shape index (κ1) is 22.0. The van der Waals surface area contributed by atoms with Crippen molar-refractivity contribution < 1.29 is 13.9 Å². The second-order valence-electron chi connectivity index (χ2n) is 7.47. The fourth-order valence-electron chi connectivity index (χ4n) is 3.60. The Morgan fingerprint density at radius 2 is 2.19 bits per heavy atom. The fraction of sp³-hybridized carbons (Fsp3) is 0.429. The Labute approximate surface area is 188 Å². The molecule has 1 aromatic carbocycles. The lowest BCUT2D eigenvalue weighted by Gasteiger charge is -2.12. The van der Waals surface area contributed by atoms with Gasteiger partial charge in [0.25, 0.3) is 5.78 Å². The lowest BCUT2D eigenvalue weighted by Crippen LogP contribution is -2.32. The molecule has 31 heavy (non-hydrogen) atoms. The van der Waals surface area contributed by atoms with Crippen LogP contribution in [0.4, 0.5) is 4.39 Å². The smallest absolute Gasteiger partial charge is 0.253 e. The van der Waals surface area contributed by atoms with Crippen molar-refractivity contribution >= 4 is 35.0 Å². The molecule has 3 aromatic rings. The predicted octanol–water partition coefficient (Wildman–Crippen LogP) is 3.51. The lowest BCUT2D eigenvalue weighted by molar-refractivity contribution is -0.119. The molecule has 0 spiro atoms. The number of rotatable bonds is 7. The van der Waals surface area contributed by atoms with Gasteiger partial charge >= 0.3 is 0 Å². The summed E-state index contributed by atoms with van der Waals surface area (Å²) >= 11 is 7.45. The number of aryl methyl sites for hydroxylation is 2. The highest BCUT2D eigenvalue weighted by molar-refractivity contribution is 7.99. The highest BCUT2D eigenvalue weighted by atomic mass is 35.5. The minimum atomic E-state index is -0.352. The molecule has 2 aromatic heterocycles. The van der Waals surface area contributed by atoms with Gasteiger partial charge in [-0.2, -0.15) is 4.98 Å². The number of carbonyl (C=O) groups is 1. The molecule has 0 radical (unpaired) electrons. The Hall–Kier alpha value is -2.23. The van der Waals surface area contributed by atoms with E-state index in [1.54, 1.807) is 16.6 Å². The molecule has 0 aliphatic carbocycles. The highest BCUT2D eigenvalue weighted by Crippen LogP contribution is 2.26. The van der Waals surface area contributed by atoms with Crippen LogP contribution < -0.4 is 5.32 Å². The van der Waals surface area contributed by atoms with Gasteiger partial charge in [0, 0.05) is 41.5 Å². The summed E-state index contributed by atoms with van der Waals surface area (Å²) in [5, 5.41) is 8.21. The summed E-state index contributed by atoms with van der Waals surface area (Å²) in [5.74, 6) is 0.213. The van der Waals surface area contributed by atoms with Crippen LogP contribution in [0.15, 0.2) is 23.4 Å². The third-order valence-corrected chi connectivity index (χ3v) is 6.52. The lowest BCUT2D eigenvalue weighted by atomic mass is 10.0. The molecule has 1 saturated heterocycles. The van der Waals surface area contributed by atoms with Crippen LogP contribution in [0.1, 0.15) is 35.4 Å². The van der Waals surface area contributed by atoms with Gasteiger partial charge in [-0.1, -0.05) is 29.4 Å². The Balaban J connectivity index is 1.47. The number of nitrogens with one attached hydrogen (secondary N) is 1. The highest BCUT2D eigenvalue weighted by Gasteiger charge is 2.19. The van der Waals surface area contributed by atoms with Crippen molar-refractivity contribution in [3.63, 3.8) is 0 Å². The quantitative estimate of drug-likeness (QED) is 0.540. The van der Waals surface area contributed by atoms with Crippen LogP contribution in [0.25, 0.3) is 5.78 Å². The molecule has 0 saturated carbocycles. The van der Waals surface area contributed by atoms with Crippen molar-refractivity contribution in [1.82, 2.24) is 24.9 Å². The van der Waals surface area contributed by atoms with Gasteiger partial charge in [-0.15, -0.1) is 5.10 Å². The number of ether oxygens (including phenoxy) is 1. The number of hydrogen-bond acceptors (Lipinski definition) is 6. The first-order valence-electron chi connectivity index (χ1n) is 10.1. The summed E-state index contributed by atoms with van der Waals surface area (Å²) in [6.45, 7) is 5.04. The summed E-state index contributed by atoms with van der Waals surface area (Å²) in [4.78, 5) is 21.1. The molecule has 1 unspecified atom stereocenters. The summed E-state index contributed by atoms with van der Waals surface area (Å²) in [6.07, 6.45) is 2.43. The number of hydrogen-bond donors (Lipinski definition) is 1. The van der Waals surface area contributed by atoms with Gasteiger partial charge in [0.2, 0.25) is 11.1 Å². The van der Waals surface area contributed by atoms with Crippen molar-refractivity contribution in [3.8, 4) is 0 Å². The van der Waals surface area contributed by atoms with Crippen LogP contribution in [0.5, 0.6) is 0 Å². The van der Waals surface area contributed by atoms with E-state index >= 15 is 0 Å². The SMILES string of the molecule is Cc1nc2nc(SCC(=O)NCC3CCCO3)nn2c(C)c1Cc1c(F)cccc1Cl. The van der Waals surface area contributed by atoms with E-state index in [1.165, 1.54) is 17.8 Å². The largest absolute Gasteiger partial charge is 0.376 e. The molecule has 164 valence electrons. The van der Waals surface area contributed by atoms with Crippen molar-refractivity contribution in [2.75, 3.05) is 18.9 Å². The van der Waals surface area contributed by atoms with E-state index in [4.69, 9.17) is 16.3 Å². The molecule has 1 N–H and O–H groups in total. The second kappa shape index (κ2) is 9.50. The van der Waals surface area contributed by atoms with Gasteiger partial charge in [0.15, 0.2) is 0 Å². The zero-order valence-electron chi connectivity index (χ0n) is 17.3. The van der Waals surface area contributed by atoms with Crippen LogP contribution in [0.3, 0.4) is 0 Å². The monoisotopic (exact) mass is 463 g/mol. The summed E-state index contributed by atoms with van der Waals surface area (Å²) in [5.41, 5.74) is 2.82. The van der Waals surface area contributed by atoms with Crippen molar-refractivity contribution in [2.45, 2.75) is 44.4 Å². The number of halogens is 2. The van der Waals surface area contributed by atoms with Crippen molar-refractivity contribution in [3.05, 3.63) is 51.6 Å². The molecule has 1 aliphatic heterocycles. The van der Waals surface area contributed by atoms with Crippen LogP contribution >= 0.6 is 23.4 Å². The fourth-order valence-corrected chi connectivity index (χ4v) is 4.48. The Bertz CT molecular complexity index is 1100. The van der Waals surface area contributed by atoms with E-state index in [2.05, 4.69) is 20.4 Å². The Kier molecular flexibility index (Phi) is 6.74. The maximum Gasteiger partial charge on any atom is 0.253 e. The summed E-state index contributed by atoms with van der Waals surface area (Å²) < 4.78 is 21.4. The van der Waals surface area contributed by atoms with Crippen LogP contribution in [0, 0.1) is 19.7 Å². The Morgan fingerprint density at radius 3 is 2.94 bits per heavy atom. The maximum absolute atomic E-state index is 14.3. The molecular weight excluding hydrogens is 441 g/mol. The van der Waals surface area contributed by atoms with E-state index in [9.17, 15) is 9.18 Å². The topological polar surface area (TPSA) is 81.4 Å². The molecule has 1 amide bonds. The number of thioether (sulfide) groups is 1. The average Bonchev–Trinajstić information content (AvgIpc) is 3.39. The molecule has 1 fully saturated rings. The van der Waals surface area contributed by atoms with Gasteiger partial charge < -0.3 is 10.1 Å². The molecule has 3 heterocycles. The number of aromatic nitrogens is 4. The maximum atomic E-state index is 14.3. The number of fused-ring (bicyclic) bond motifs is 1. The van der Waals surface area contributed by atoms with Gasteiger partial charge in [0.1, 0.15) is 5.82 Å². The molecular formula is C21H23ClFN5O2S. The van der Waals surface area contributed by atoms with Gasteiger partial charge in [-0.3, -0.25) is 4.79 Å². The van der Waals surface area contributed by atoms with Crippen molar-refractivity contribution in [1.29, 1.82) is 0 Å². The Morgan fingerprint density at radius 1 is 1.35 bits per heavy atom. The summed E-state index contributed by atoms with van der Waals surface area (Å²) in [6, 6.07) is 4.65. The number of benzene rings is 1. The zero-order valence-corrected chi connectivity index (χ0v) is 18.9. The first-order chi connectivity index (χ1) is 14.9. The first-order valence-corrected chi connectivity index (χ1v) is 11.5. The standard InChI is InChI=1S/C21H23ClFN5O2S/c1-12-15(9-16-17(22)6-3-7-18(16)23)13(2)28-20(25-12)26-21(27-28)31-11-19(29)24-10-14-5-4-8-30-14/h3,6-7,14H,4-5,8-11H2,1-2H3,(H,24,29). The van der Waals surface area contributed by atoms with E-state index in [-0.39, 0.29) is 23.6 Å². The van der Waals surface area contributed by atoms with E-state index in [1.807, 2.05) is 13.8 Å². The van der Waals surface area contributed by atoms with E-state index in [0.717, 1.165) is 36.4 Å². The van der Waals surface area contributed by atoms with Gasteiger partial charge in [-0.05, 0) is 44.4 Å². The van der Waals surface area contributed by atoms with Crippen LogP contribution in [-0.4, -0.2) is 50.5 Å². The van der Waals surface area contributed by atoms with Crippen LogP contribution in [0.2, 0.25) is 5.02 Å². The third-order valence-electron chi connectivity index (χ3n) is 5.33. The molecule has 10 heteroatoms. The van der Waals surface area contributed by atoms with Gasteiger partial charge in [-0.25, -0.2) is 13.9 Å². The number of carbonyl (C=O) groups excluding carboxylic acids is 1. The third kappa shape index (κ3) is 4.99. The van der Waals surface area contributed by atoms with Gasteiger partial charge in [0.05, 0.1) is 11.9 Å². The van der Waals surface area contributed by atoms with E-state index in [0.29, 0.717) is 34.5 Å². The predicted molar refractivity (Wildman–Crippen MR) is 117 cm³/mol. The van der Waals surface area contributed by atoms with Crippen molar-refractivity contribution in [2.24, 2.45) is 0 Å². The number of amides is 1. The average molecular weight is 464 g/mol. The molecule has 1 aliphatic rings. The van der Waals surface area contributed by atoms with E-state index < -0.39 is 0 Å². The molecule has 0 bridgehead atoms. The second-order valence-corrected chi connectivity index (χ2v) is 8.82.